The molecule has 2 aliphatic rings. The van der Waals surface area contributed by atoms with Gasteiger partial charge in [-0.15, -0.1) is 0 Å². The zero-order valence-electron chi connectivity index (χ0n) is 12.8. The lowest BCUT2D eigenvalue weighted by molar-refractivity contribution is 0.122. The summed E-state index contributed by atoms with van der Waals surface area (Å²) >= 11 is 3.37. The van der Waals surface area contributed by atoms with Crippen LogP contribution in [0.1, 0.15) is 26.5 Å². The highest BCUT2D eigenvalue weighted by atomic mass is 79.9. The maximum absolute atomic E-state index is 11.3. The fraction of sp³-hybridized carbons (Fsp3) is 0.562. The molecule has 22 heavy (non-hydrogen) atoms. The summed E-state index contributed by atoms with van der Waals surface area (Å²) in [5.74, 6) is -0.00484. The predicted molar refractivity (Wildman–Crippen MR) is 84.2 cm³/mol. The highest BCUT2D eigenvalue weighted by molar-refractivity contribution is 9.10. The van der Waals surface area contributed by atoms with Crippen molar-refractivity contribution in [1.82, 2.24) is 9.88 Å². The Bertz CT molecular complexity index is 676. The fourth-order valence-corrected chi connectivity index (χ4v) is 4.71. The number of carboxylic acid groups (broad SMARTS) is 1. The molecule has 2 heterocycles. The first-order valence-electron chi connectivity index (χ1n) is 7.22. The van der Waals surface area contributed by atoms with E-state index in [-0.39, 0.29) is 16.7 Å². The van der Waals surface area contributed by atoms with Crippen LogP contribution in [0, 0.1) is 28.1 Å². The number of nitriles is 1. The number of nitrogens with zero attached hydrogens (tertiary/aromatic N) is 3. The number of fused-ring (bicyclic) bond motifs is 1. The summed E-state index contributed by atoms with van der Waals surface area (Å²) in [6.45, 7) is 7.05. The zero-order chi connectivity index (χ0) is 16.3. The monoisotopic (exact) mass is 363 g/mol. The molecule has 0 radical (unpaired) electrons. The van der Waals surface area contributed by atoms with Gasteiger partial charge in [-0.1, -0.05) is 20.8 Å². The summed E-state index contributed by atoms with van der Waals surface area (Å²) in [5, 5.41) is 19.3. The average molecular weight is 364 g/mol. The van der Waals surface area contributed by atoms with Crippen LogP contribution in [0.2, 0.25) is 0 Å². The van der Waals surface area contributed by atoms with Crippen molar-refractivity contribution in [3.63, 3.8) is 0 Å². The molecule has 1 saturated carbocycles. The molecule has 1 aromatic heterocycles. The summed E-state index contributed by atoms with van der Waals surface area (Å²) in [4.78, 5) is 17.2. The summed E-state index contributed by atoms with van der Waals surface area (Å²) in [5.41, 5.74) is -0.513. The Morgan fingerprint density at radius 1 is 1.55 bits per heavy atom. The molecule has 1 aliphatic heterocycles. The largest absolute Gasteiger partial charge is 0.465 e. The Hall–Kier alpha value is -1.61. The molecule has 0 spiro atoms. The predicted octanol–water partition coefficient (Wildman–Crippen LogP) is 3.26. The van der Waals surface area contributed by atoms with Gasteiger partial charge in [-0.3, -0.25) is 4.98 Å². The standard InChI is InChI=1S/C16H18BrN3O2/c1-14(2,3)16-9-20(13(21)22)7-11(16)15(16,8-18)12-5-4-10(17)6-19-12/h4-6,11H,7,9H2,1-3H3,(H,21,22)/t11-,15?,16?/m1/s1. The van der Waals surface area contributed by atoms with E-state index in [9.17, 15) is 15.2 Å². The van der Waals surface area contributed by atoms with E-state index >= 15 is 0 Å². The smallest absolute Gasteiger partial charge is 0.407 e. The molecule has 116 valence electrons. The number of rotatable bonds is 1. The van der Waals surface area contributed by atoms with Crippen LogP contribution < -0.4 is 0 Å². The van der Waals surface area contributed by atoms with Crippen molar-refractivity contribution in [3.8, 4) is 6.07 Å². The second kappa shape index (κ2) is 4.45. The minimum Gasteiger partial charge on any atom is -0.465 e. The fourth-order valence-electron chi connectivity index (χ4n) is 4.48. The van der Waals surface area contributed by atoms with Crippen LogP contribution in [0.4, 0.5) is 4.79 Å². The van der Waals surface area contributed by atoms with Gasteiger partial charge in [-0.05, 0) is 33.5 Å². The van der Waals surface area contributed by atoms with E-state index in [4.69, 9.17) is 0 Å². The van der Waals surface area contributed by atoms with E-state index in [0.29, 0.717) is 13.1 Å². The Balaban J connectivity index is 2.10. The van der Waals surface area contributed by atoms with Crippen molar-refractivity contribution in [2.45, 2.75) is 26.2 Å². The van der Waals surface area contributed by atoms with E-state index in [1.165, 1.54) is 4.90 Å². The van der Waals surface area contributed by atoms with Crippen molar-refractivity contribution < 1.29 is 9.90 Å². The lowest BCUT2D eigenvalue weighted by atomic mass is 9.71. The molecule has 3 atom stereocenters. The minimum atomic E-state index is -0.911. The zero-order valence-corrected chi connectivity index (χ0v) is 14.4. The molecule has 3 rings (SSSR count). The van der Waals surface area contributed by atoms with Crippen LogP contribution in [-0.2, 0) is 5.41 Å². The van der Waals surface area contributed by atoms with Crippen molar-refractivity contribution in [1.29, 1.82) is 5.26 Å². The summed E-state index contributed by atoms with van der Waals surface area (Å²) in [6.07, 6.45) is 0.791. The van der Waals surface area contributed by atoms with Crippen molar-refractivity contribution >= 4 is 22.0 Å². The summed E-state index contributed by atoms with van der Waals surface area (Å²) in [7, 11) is 0. The van der Waals surface area contributed by atoms with Gasteiger partial charge < -0.3 is 10.0 Å². The van der Waals surface area contributed by atoms with E-state index in [2.05, 4.69) is 47.8 Å². The number of hydrogen-bond donors (Lipinski definition) is 1. The van der Waals surface area contributed by atoms with Gasteiger partial charge in [0, 0.05) is 35.1 Å². The van der Waals surface area contributed by atoms with E-state index in [1.54, 1.807) is 6.20 Å². The molecular weight excluding hydrogens is 346 g/mol. The molecule has 6 heteroatoms. The van der Waals surface area contributed by atoms with Crippen molar-refractivity contribution in [2.24, 2.45) is 16.7 Å². The van der Waals surface area contributed by atoms with Gasteiger partial charge in [0.25, 0.3) is 0 Å². The lowest BCUT2D eigenvalue weighted by Crippen LogP contribution is -2.41. The van der Waals surface area contributed by atoms with Gasteiger partial charge in [-0.2, -0.15) is 5.26 Å². The van der Waals surface area contributed by atoms with Gasteiger partial charge >= 0.3 is 6.09 Å². The number of hydrogen-bond acceptors (Lipinski definition) is 3. The maximum Gasteiger partial charge on any atom is 0.407 e. The third-order valence-corrected chi connectivity index (χ3v) is 5.97. The van der Waals surface area contributed by atoms with Gasteiger partial charge in [0.2, 0.25) is 0 Å². The molecule has 5 nitrogen and oxygen atoms in total. The number of pyridine rings is 1. The Labute approximate surface area is 138 Å². The van der Waals surface area contributed by atoms with Gasteiger partial charge in [0.15, 0.2) is 0 Å². The van der Waals surface area contributed by atoms with Crippen LogP contribution >= 0.6 is 15.9 Å². The van der Waals surface area contributed by atoms with Gasteiger partial charge in [-0.25, -0.2) is 4.79 Å². The van der Waals surface area contributed by atoms with Crippen LogP contribution in [0.3, 0.4) is 0 Å². The van der Waals surface area contributed by atoms with Crippen LogP contribution in [-0.4, -0.2) is 34.2 Å². The van der Waals surface area contributed by atoms with E-state index in [0.717, 1.165) is 10.2 Å². The van der Waals surface area contributed by atoms with Crippen LogP contribution in [0.25, 0.3) is 0 Å². The topological polar surface area (TPSA) is 77.2 Å². The molecule has 1 aromatic rings. The number of likely N-dealkylation sites (tertiary alicyclic amines) is 1. The normalized spacial score (nSPS) is 33.2. The molecule has 2 unspecified atom stereocenters. The SMILES string of the molecule is CC(C)(C)C12CN(C(=O)O)C[C@@H]1C2(C#N)c1ccc(Br)cn1. The third-order valence-electron chi connectivity index (χ3n) is 5.50. The molecule has 1 aliphatic carbocycles. The van der Waals surface area contributed by atoms with Crippen molar-refractivity contribution in [3.05, 3.63) is 28.5 Å². The number of halogens is 1. The van der Waals surface area contributed by atoms with E-state index in [1.807, 2.05) is 12.1 Å². The maximum atomic E-state index is 11.3. The molecule has 2 fully saturated rings. The first-order chi connectivity index (χ1) is 10.2. The second-order valence-corrected chi connectivity index (χ2v) is 8.13. The second-order valence-electron chi connectivity index (χ2n) is 7.22. The highest BCUT2D eigenvalue weighted by Crippen LogP contribution is 2.78. The quantitative estimate of drug-likeness (QED) is 0.830. The number of amides is 1. The molecule has 0 aromatic carbocycles. The minimum absolute atomic E-state index is 0.00484. The number of carbonyl (C=O) groups is 1. The summed E-state index contributed by atoms with van der Waals surface area (Å²) < 4.78 is 0.868. The van der Waals surface area contributed by atoms with E-state index < -0.39 is 11.5 Å². The van der Waals surface area contributed by atoms with Crippen LogP contribution in [0.15, 0.2) is 22.8 Å². The molecule has 1 N–H and O–H groups in total. The Morgan fingerprint density at radius 2 is 2.23 bits per heavy atom. The van der Waals surface area contributed by atoms with Crippen LogP contribution in [0.5, 0.6) is 0 Å². The first-order valence-corrected chi connectivity index (χ1v) is 8.01. The molecular formula is C16H18BrN3O2. The Kier molecular flexibility index (Phi) is 3.09. The highest BCUT2D eigenvalue weighted by Gasteiger charge is 2.85. The molecule has 1 amide bonds. The number of aromatic nitrogens is 1. The third kappa shape index (κ3) is 1.63. The number of piperidine rings is 1. The lowest BCUT2D eigenvalue weighted by Gasteiger charge is -2.35. The molecule has 1 saturated heterocycles. The Morgan fingerprint density at radius 3 is 2.64 bits per heavy atom. The molecule has 0 bridgehead atoms. The van der Waals surface area contributed by atoms with Gasteiger partial charge in [0.1, 0.15) is 5.41 Å². The van der Waals surface area contributed by atoms with Crippen molar-refractivity contribution in [2.75, 3.05) is 13.1 Å². The van der Waals surface area contributed by atoms with Gasteiger partial charge in [0.05, 0.1) is 11.8 Å². The average Bonchev–Trinajstić information content (AvgIpc) is 2.79. The summed E-state index contributed by atoms with van der Waals surface area (Å²) in [6, 6.07) is 6.27. The first kappa shape index (κ1) is 15.3.